The van der Waals surface area contributed by atoms with Gasteiger partial charge in [-0.25, -0.2) is 18.1 Å². The SMILES string of the molecule is CC(C)n1ncc(N=C2C(c3ccccc3)=[N+](C)c3ccccc32)c1NCc1ccccc1.O=S(=O)([O-])O. The lowest BCUT2D eigenvalue weighted by Gasteiger charge is -2.14. The number of nitrogens with zero attached hydrogens (tertiary/aromatic N) is 4. The zero-order valence-corrected chi connectivity index (χ0v) is 22.1. The van der Waals surface area contributed by atoms with Gasteiger partial charge >= 0.3 is 0 Å². The lowest BCUT2D eigenvalue weighted by molar-refractivity contribution is -0.399. The molecule has 2 heterocycles. The van der Waals surface area contributed by atoms with Gasteiger partial charge < -0.3 is 9.87 Å². The van der Waals surface area contributed by atoms with Crippen molar-refractivity contribution in [2.45, 2.75) is 26.4 Å². The number of hydrogen-bond donors (Lipinski definition) is 2. The number of hydrogen-bond acceptors (Lipinski definition) is 6. The molecule has 0 aliphatic carbocycles. The minimum absolute atomic E-state index is 0.216. The van der Waals surface area contributed by atoms with Crippen molar-refractivity contribution in [3.63, 3.8) is 0 Å². The Morgan fingerprint density at radius 2 is 1.58 bits per heavy atom. The molecule has 0 bridgehead atoms. The van der Waals surface area contributed by atoms with Gasteiger partial charge in [-0.2, -0.15) is 9.67 Å². The molecule has 3 aromatic carbocycles. The van der Waals surface area contributed by atoms with E-state index in [9.17, 15) is 0 Å². The molecule has 0 unspecified atom stereocenters. The number of rotatable bonds is 6. The molecule has 2 N–H and O–H groups in total. The van der Waals surface area contributed by atoms with E-state index < -0.39 is 10.4 Å². The maximum atomic E-state index is 8.63. The van der Waals surface area contributed by atoms with Crippen molar-refractivity contribution in [1.29, 1.82) is 0 Å². The molecule has 0 amide bonds. The second kappa shape index (κ2) is 11.5. The first-order chi connectivity index (χ1) is 18.1. The fourth-order valence-corrected chi connectivity index (χ4v) is 4.31. The van der Waals surface area contributed by atoms with Crippen molar-refractivity contribution in [3.8, 4) is 0 Å². The summed E-state index contributed by atoms with van der Waals surface area (Å²) in [5, 5.41) is 8.26. The van der Waals surface area contributed by atoms with Gasteiger partial charge in [0.05, 0.1) is 11.8 Å². The van der Waals surface area contributed by atoms with Crippen LogP contribution in [-0.4, -0.2) is 50.4 Å². The Kier molecular flexibility index (Phi) is 8.16. The first-order valence-corrected chi connectivity index (χ1v) is 13.4. The summed E-state index contributed by atoms with van der Waals surface area (Å²) >= 11 is 0. The zero-order chi connectivity index (χ0) is 27.3. The Hall–Kier alpha value is -4.12. The van der Waals surface area contributed by atoms with Crippen LogP contribution in [0.25, 0.3) is 0 Å². The molecule has 0 radical (unpaired) electrons. The summed E-state index contributed by atoms with van der Waals surface area (Å²) in [5.74, 6) is 0.931. The lowest BCUT2D eigenvalue weighted by atomic mass is 10.0. The van der Waals surface area contributed by atoms with Crippen LogP contribution in [0.1, 0.15) is 36.6 Å². The van der Waals surface area contributed by atoms with Gasteiger partial charge in [-0.15, -0.1) is 0 Å². The number of nitrogens with one attached hydrogen (secondary N) is 1. The van der Waals surface area contributed by atoms with Gasteiger partial charge in [0.15, 0.2) is 5.82 Å². The first-order valence-electron chi connectivity index (χ1n) is 12.0. The van der Waals surface area contributed by atoms with Gasteiger partial charge in [-0.3, -0.25) is 4.55 Å². The van der Waals surface area contributed by atoms with Crippen molar-refractivity contribution in [1.82, 2.24) is 9.78 Å². The van der Waals surface area contributed by atoms with E-state index in [-0.39, 0.29) is 6.04 Å². The van der Waals surface area contributed by atoms with Crippen LogP contribution < -0.4 is 5.32 Å². The highest BCUT2D eigenvalue weighted by Crippen LogP contribution is 2.33. The van der Waals surface area contributed by atoms with Crippen LogP contribution in [0.15, 0.2) is 96.1 Å². The third kappa shape index (κ3) is 6.41. The van der Waals surface area contributed by atoms with Crippen LogP contribution >= 0.6 is 0 Å². The third-order valence-electron chi connectivity index (χ3n) is 5.93. The molecule has 5 rings (SSSR count). The topological polar surface area (TPSA) is 123 Å². The largest absolute Gasteiger partial charge is 0.726 e. The van der Waals surface area contributed by atoms with Gasteiger partial charge in [-0.1, -0.05) is 60.7 Å². The molecule has 196 valence electrons. The van der Waals surface area contributed by atoms with E-state index in [1.54, 1.807) is 0 Å². The predicted molar refractivity (Wildman–Crippen MR) is 148 cm³/mol. The molecule has 1 aliphatic rings. The van der Waals surface area contributed by atoms with Crippen molar-refractivity contribution < 1.29 is 22.1 Å². The summed E-state index contributed by atoms with van der Waals surface area (Å²) in [6.45, 7) is 4.98. The molecule has 4 aromatic rings. The predicted octanol–water partition coefficient (Wildman–Crippen LogP) is 4.98. The van der Waals surface area contributed by atoms with Crippen LogP contribution in [0.5, 0.6) is 0 Å². The smallest absolute Gasteiger partial charge is 0.239 e. The quantitative estimate of drug-likeness (QED) is 0.206. The highest BCUT2D eigenvalue weighted by atomic mass is 32.3. The van der Waals surface area contributed by atoms with E-state index in [4.69, 9.17) is 22.5 Å². The number of anilines is 1. The van der Waals surface area contributed by atoms with Crippen LogP contribution in [0.4, 0.5) is 17.2 Å². The molecule has 0 atom stereocenters. The summed E-state index contributed by atoms with van der Waals surface area (Å²) in [4.78, 5) is 5.22. The number of aliphatic imine (C=N–C) groups is 1. The second-order valence-electron chi connectivity index (χ2n) is 8.93. The standard InChI is InChI=1S/C28H27N5.H2O4S/c1-20(2)33-28(29-18-21-12-6-4-7-13-21)24(19-30-33)31-26-23-16-10-11-17-25(23)32(3)27(26)22-14-8-5-9-15-22;1-5(2,3)4/h4-17,19-20H,18H2,1-3H3;(H2,1,2,3,4). The summed E-state index contributed by atoms with van der Waals surface area (Å²) in [6.07, 6.45) is 1.86. The Morgan fingerprint density at radius 3 is 2.21 bits per heavy atom. The first kappa shape index (κ1) is 26.9. The monoisotopic (exact) mass is 531 g/mol. The highest BCUT2D eigenvalue weighted by molar-refractivity contribution is 7.79. The summed E-state index contributed by atoms with van der Waals surface area (Å²) in [5.41, 5.74) is 7.55. The molecule has 0 fully saturated rings. The second-order valence-corrected chi connectivity index (χ2v) is 9.79. The van der Waals surface area contributed by atoms with E-state index >= 15 is 0 Å². The summed E-state index contributed by atoms with van der Waals surface area (Å²) in [7, 11) is -2.81. The van der Waals surface area contributed by atoms with Crippen LogP contribution in [0.2, 0.25) is 0 Å². The number of para-hydroxylation sites is 1. The van der Waals surface area contributed by atoms with Crippen molar-refractivity contribution >= 4 is 39.0 Å². The fourth-order valence-electron chi connectivity index (χ4n) is 4.31. The molecular formula is C28H29N5O4S. The van der Waals surface area contributed by atoms with Crippen LogP contribution in [0.3, 0.4) is 0 Å². The highest BCUT2D eigenvalue weighted by Gasteiger charge is 2.35. The summed E-state index contributed by atoms with van der Waals surface area (Å²) < 4.78 is 37.1. The van der Waals surface area contributed by atoms with Gasteiger partial charge in [0, 0.05) is 24.2 Å². The Bertz CT molecular complexity index is 1570. The van der Waals surface area contributed by atoms with Crippen molar-refractivity contribution in [3.05, 3.63) is 108 Å². The van der Waals surface area contributed by atoms with Gasteiger partial charge in [0.1, 0.15) is 18.4 Å². The third-order valence-corrected chi connectivity index (χ3v) is 5.93. The molecule has 10 heteroatoms. The van der Waals surface area contributed by atoms with Crippen molar-refractivity contribution in [2.24, 2.45) is 4.99 Å². The zero-order valence-electron chi connectivity index (χ0n) is 21.3. The van der Waals surface area contributed by atoms with Gasteiger partial charge in [-0.05, 0) is 37.6 Å². The van der Waals surface area contributed by atoms with Crippen LogP contribution in [-0.2, 0) is 16.9 Å². The van der Waals surface area contributed by atoms with E-state index in [0.717, 1.165) is 39.7 Å². The molecule has 1 aliphatic heterocycles. The normalized spacial score (nSPS) is 13.9. The van der Waals surface area contributed by atoms with Crippen molar-refractivity contribution in [2.75, 3.05) is 12.4 Å². The average molecular weight is 532 g/mol. The lowest BCUT2D eigenvalue weighted by Crippen LogP contribution is -2.18. The number of aromatic nitrogens is 2. The Labute approximate surface area is 222 Å². The maximum absolute atomic E-state index is 8.63. The molecule has 1 aromatic heterocycles. The molecule has 9 nitrogen and oxygen atoms in total. The molecule has 38 heavy (non-hydrogen) atoms. The van der Waals surface area contributed by atoms with E-state index in [1.165, 1.54) is 5.56 Å². The fraction of sp³-hybridized carbons (Fsp3) is 0.179. The van der Waals surface area contributed by atoms with Crippen LogP contribution in [0, 0.1) is 0 Å². The molecule has 0 spiro atoms. The van der Waals surface area contributed by atoms with Gasteiger partial charge in [0.2, 0.25) is 21.8 Å². The number of benzene rings is 3. The molecule has 0 saturated heterocycles. The van der Waals surface area contributed by atoms with E-state index in [0.29, 0.717) is 6.54 Å². The maximum Gasteiger partial charge on any atom is 0.239 e. The minimum Gasteiger partial charge on any atom is -0.726 e. The Morgan fingerprint density at radius 1 is 1.00 bits per heavy atom. The van der Waals surface area contributed by atoms with E-state index in [1.807, 2.05) is 23.0 Å². The summed E-state index contributed by atoms with van der Waals surface area (Å²) in [6, 6.07) is 29.5. The van der Waals surface area contributed by atoms with E-state index in [2.05, 4.69) is 109 Å². The Balaban J connectivity index is 0.000000617. The van der Waals surface area contributed by atoms with Gasteiger partial charge in [0.25, 0.3) is 0 Å². The molecular weight excluding hydrogens is 502 g/mol. The molecule has 0 saturated carbocycles. The number of fused-ring (bicyclic) bond motifs is 1. The minimum atomic E-state index is -4.92. The average Bonchev–Trinajstić information content (AvgIpc) is 3.42.